The van der Waals surface area contributed by atoms with Crippen molar-refractivity contribution in [1.82, 2.24) is 9.55 Å². The highest BCUT2D eigenvalue weighted by Crippen LogP contribution is 2.25. The highest BCUT2D eigenvalue weighted by molar-refractivity contribution is 7.71. The maximum absolute atomic E-state index is 12.7. The van der Waals surface area contributed by atoms with Gasteiger partial charge in [-0.25, -0.2) is 0 Å². The van der Waals surface area contributed by atoms with Gasteiger partial charge in [-0.3, -0.25) is 9.36 Å². The summed E-state index contributed by atoms with van der Waals surface area (Å²) >= 11 is 5.27. The molecule has 1 aromatic heterocycles. The van der Waals surface area contributed by atoms with Crippen molar-refractivity contribution < 1.29 is 17.9 Å². The molecule has 8 heteroatoms. The minimum Gasteiger partial charge on any atom is -0.406 e. The van der Waals surface area contributed by atoms with Crippen LogP contribution < -0.4 is 10.3 Å². The molecule has 3 aromatic rings. The first-order valence-electron chi connectivity index (χ1n) is 7.35. The lowest BCUT2D eigenvalue weighted by Crippen LogP contribution is -2.25. The summed E-state index contributed by atoms with van der Waals surface area (Å²) < 4.78 is 42.2. The Hall–Kier alpha value is -2.61. The first-order chi connectivity index (χ1) is 11.8. The Morgan fingerprint density at radius 2 is 1.76 bits per heavy atom. The second-order valence-corrected chi connectivity index (χ2v) is 5.83. The number of rotatable bonds is 3. The van der Waals surface area contributed by atoms with Gasteiger partial charge in [0.15, 0.2) is 4.77 Å². The second kappa shape index (κ2) is 6.36. The van der Waals surface area contributed by atoms with Crippen molar-refractivity contribution >= 4 is 23.1 Å². The number of ether oxygens (including phenoxy) is 1. The molecule has 0 amide bonds. The van der Waals surface area contributed by atoms with Crippen molar-refractivity contribution in [3.63, 3.8) is 0 Å². The fraction of sp³-hybridized carbons (Fsp3) is 0.176. The first kappa shape index (κ1) is 17.2. The Balaban J connectivity index is 2.01. The van der Waals surface area contributed by atoms with Crippen molar-refractivity contribution in [1.29, 1.82) is 0 Å². The molecule has 2 aromatic carbocycles. The highest BCUT2D eigenvalue weighted by Gasteiger charge is 2.31. The summed E-state index contributed by atoms with van der Waals surface area (Å²) in [6.07, 6.45) is -4.74. The third-order valence-electron chi connectivity index (χ3n) is 3.82. The number of para-hydroxylation sites is 1. The summed E-state index contributed by atoms with van der Waals surface area (Å²) in [6.45, 7) is 1.75. The fourth-order valence-corrected chi connectivity index (χ4v) is 2.98. The molecule has 0 unspecified atom stereocenters. The van der Waals surface area contributed by atoms with Crippen LogP contribution in [0, 0.1) is 4.77 Å². The minimum atomic E-state index is -4.74. The molecule has 4 nitrogen and oxygen atoms in total. The number of H-pyrrole nitrogens is 1. The molecule has 0 saturated carbocycles. The number of alkyl halides is 3. The van der Waals surface area contributed by atoms with Gasteiger partial charge in [0.2, 0.25) is 0 Å². The number of hydrogen-bond donors (Lipinski definition) is 1. The van der Waals surface area contributed by atoms with Gasteiger partial charge in [0.05, 0.1) is 16.9 Å². The van der Waals surface area contributed by atoms with Crippen molar-refractivity contribution in [2.75, 3.05) is 0 Å². The molecule has 1 N–H and O–H groups in total. The summed E-state index contributed by atoms with van der Waals surface area (Å²) in [7, 11) is 0. The van der Waals surface area contributed by atoms with Gasteiger partial charge >= 0.3 is 6.36 Å². The van der Waals surface area contributed by atoms with Gasteiger partial charge in [-0.2, -0.15) is 0 Å². The molecule has 130 valence electrons. The molecule has 0 radical (unpaired) electrons. The average Bonchev–Trinajstić information content (AvgIpc) is 2.54. The topological polar surface area (TPSA) is 47.0 Å². The maximum Gasteiger partial charge on any atom is 0.573 e. The lowest BCUT2D eigenvalue weighted by molar-refractivity contribution is -0.274. The third-order valence-corrected chi connectivity index (χ3v) is 4.12. The van der Waals surface area contributed by atoms with E-state index in [0.717, 1.165) is 0 Å². The largest absolute Gasteiger partial charge is 0.573 e. The number of aromatic amines is 1. The van der Waals surface area contributed by atoms with E-state index in [-0.39, 0.29) is 16.1 Å². The summed E-state index contributed by atoms with van der Waals surface area (Å²) in [5, 5.41) is 0.486. The minimum absolute atomic E-state index is 0.242. The van der Waals surface area contributed by atoms with Crippen molar-refractivity contribution in [3.05, 3.63) is 69.2 Å². The van der Waals surface area contributed by atoms with E-state index in [1.54, 1.807) is 31.2 Å². The molecule has 1 heterocycles. The lowest BCUT2D eigenvalue weighted by Gasteiger charge is -2.17. The first-order valence-corrected chi connectivity index (χ1v) is 7.76. The number of nitrogens with zero attached hydrogens (tertiary/aromatic N) is 1. The van der Waals surface area contributed by atoms with Crippen LogP contribution in [0.5, 0.6) is 5.75 Å². The van der Waals surface area contributed by atoms with Crippen LogP contribution in [0.4, 0.5) is 13.2 Å². The van der Waals surface area contributed by atoms with E-state index in [1.807, 2.05) is 0 Å². The molecule has 0 fully saturated rings. The van der Waals surface area contributed by atoms with Gasteiger partial charge in [-0.15, -0.1) is 13.2 Å². The molecule has 0 aliphatic carbocycles. The molecule has 25 heavy (non-hydrogen) atoms. The van der Waals surface area contributed by atoms with Crippen LogP contribution in [0.2, 0.25) is 0 Å². The number of hydrogen-bond acceptors (Lipinski definition) is 3. The monoisotopic (exact) mass is 366 g/mol. The predicted octanol–water partition coefficient (Wildman–Crippen LogP) is 4.57. The molecule has 0 spiro atoms. The average molecular weight is 366 g/mol. The summed E-state index contributed by atoms with van der Waals surface area (Å²) in [6, 6.07) is 11.9. The Morgan fingerprint density at radius 3 is 2.40 bits per heavy atom. The van der Waals surface area contributed by atoms with E-state index in [9.17, 15) is 18.0 Å². The zero-order valence-electron chi connectivity index (χ0n) is 13.0. The predicted molar refractivity (Wildman–Crippen MR) is 90.3 cm³/mol. The Kier molecular flexibility index (Phi) is 4.38. The smallest absolute Gasteiger partial charge is 0.406 e. The van der Waals surface area contributed by atoms with Crippen LogP contribution in [-0.2, 0) is 0 Å². The normalized spacial score (nSPS) is 13.0. The molecule has 0 aliphatic rings. The number of benzene rings is 2. The zero-order chi connectivity index (χ0) is 18.2. The van der Waals surface area contributed by atoms with Gasteiger partial charge in [-0.05, 0) is 49.0 Å². The van der Waals surface area contributed by atoms with Crippen LogP contribution in [0.1, 0.15) is 18.5 Å². The zero-order valence-corrected chi connectivity index (χ0v) is 13.8. The lowest BCUT2D eigenvalue weighted by atomic mass is 10.1. The van der Waals surface area contributed by atoms with Crippen LogP contribution in [0.3, 0.4) is 0 Å². The Morgan fingerprint density at radius 1 is 1.12 bits per heavy atom. The van der Waals surface area contributed by atoms with E-state index in [4.69, 9.17) is 12.2 Å². The molecular weight excluding hydrogens is 353 g/mol. The number of nitrogens with one attached hydrogen (secondary N) is 1. The van der Waals surface area contributed by atoms with Gasteiger partial charge in [0.25, 0.3) is 5.56 Å². The quantitative estimate of drug-likeness (QED) is 0.691. The van der Waals surface area contributed by atoms with E-state index in [2.05, 4.69) is 9.72 Å². The molecule has 0 saturated heterocycles. The summed E-state index contributed by atoms with van der Waals surface area (Å²) in [4.78, 5) is 15.7. The van der Waals surface area contributed by atoms with Crippen molar-refractivity contribution in [2.45, 2.75) is 19.3 Å². The number of fused-ring (bicyclic) bond motifs is 1. The van der Waals surface area contributed by atoms with Crippen molar-refractivity contribution in [2.24, 2.45) is 0 Å². The maximum atomic E-state index is 12.7. The van der Waals surface area contributed by atoms with E-state index in [1.165, 1.54) is 28.8 Å². The van der Waals surface area contributed by atoms with E-state index in [0.29, 0.717) is 16.5 Å². The summed E-state index contributed by atoms with van der Waals surface area (Å²) in [5.74, 6) is -0.320. The van der Waals surface area contributed by atoms with E-state index < -0.39 is 12.4 Å². The Labute approximate surface area is 145 Å². The fourth-order valence-electron chi connectivity index (χ4n) is 2.62. The standard InChI is InChI=1S/C17H13F3N2O2S/c1-10(11-6-8-12(9-7-11)24-17(18,19)20)22-15(23)13-4-2-3-5-14(13)21-16(22)25/h2-10H,1H3,(H,21,25)/t10-/m0/s1. The second-order valence-electron chi connectivity index (χ2n) is 5.44. The van der Waals surface area contributed by atoms with Crippen LogP contribution >= 0.6 is 12.2 Å². The van der Waals surface area contributed by atoms with E-state index >= 15 is 0 Å². The van der Waals surface area contributed by atoms with Gasteiger partial charge in [-0.1, -0.05) is 24.3 Å². The van der Waals surface area contributed by atoms with Gasteiger partial charge in [0, 0.05) is 0 Å². The van der Waals surface area contributed by atoms with Crippen molar-refractivity contribution in [3.8, 4) is 5.75 Å². The SMILES string of the molecule is C[C@@H](c1ccc(OC(F)(F)F)cc1)n1c(=S)[nH]c2ccccc2c1=O. The molecule has 0 bridgehead atoms. The third kappa shape index (κ3) is 3.58. The van der Waals surface area contributed by atoms with Gasteiger partial charge in [0.1, 0.15) is 5.75 Å². The number of aromatic nitrogens is 2. The molecular formula is C17H13F3N2O2S. The Bertz CT molecular complexity index is 1020. The van der Waals surface area contributed by atoms with Crippen LogP contribution in [0.25, 0.3) is 10.9 Å². The van der Waals surface area contributed by atoms with Crippen LogP contribution in [0.15, 0.2) is 53.3 Å². The van der Waals surface area contributed by atoms with Crippen LogP contribution in [-0.4, -0.2) is 15.9 Å². The van der Waals surface area contributed by atoms with Gasteiger partial charge < -0.3 is 9.72 Å². The number of halogens is 3. The molecule has 0 aliphatic heterocycles. The summed E-state index contributed by atoms with van der Waals surface area (Å²) in [5.41, 5.74) is 1.00. The molecule has 3 rings (SSSR count). The highest BCUT2D eigenvalue weighted by atomic mass is 32.1. The molecule has 1 atom stereocenters.